The normalized spacial score (nSPS) is 17.4. The molecule has 1 aliphatic rings. The summed E-state index contributed by atoms with van der Waals surface area (Å²) in [6, 6.07) is 0. The Labute approximate surface area is 119 Å². The average molecular weight is 278 g/mol. The van der Waals surface area contributed by atoms with Crippen LogP contribution in [0.2, 0.25) is 0 Å². The van der Waals surface area contributed by atoms with Gasteiger partial charge in [-0.3, -0.25) is 0 Å². The van der Waals surface area contributed by atoms with E-state index < -0.39 is 5.97 Å². The van der Waals surface area contributed by atoms with Gasteiger partial charge in [0, 0.05) is 18.5 Å². The van der Waals surface area contributed by atoms with Gasteiger partial charge in [-0.1, -0.05) is 12.8 Å². The van der Waals surface area contributed by atoms with Crippen molar-refractivity contribution in [3.8, 4) is 0 Å². The highest BCUT2D eigenvalue weighted by molar-refractivity contribution is 5.84. The van der Waals surface area contributed by atoms with Crippen molar-refractivity contribution < 1.29 is 9.90 Å². The molecule has 0 aliphatic heterocycles. The highest BCUT2D eigenvalue weighted by Gasteiger charge is 2.34. The van der Waals surface area contributed by atoms with Gasteiger partial charge in [-0.05, 0) is 26.9 Å². The number of aromatic nitrogens is 2. The number of carboxylic acid groups (broad SMARTS) is 1. The highest BCUT2D eigenvalue weighted by Crippen LogP contribution is 2.38. The molecule has 1 saturated carbocycles. The van der Waals surface area contributed by atoms with Crippen LogP contribution in [0.15, 0.2) is 12.4 Å². The number of nitrogens with zero attached hydrogens (tertiary/aromatic N) is 3. The average Bonchev–Trinajstić information content (AvgIpc) is 2.85. The van der Waals surface area contributed by atoms with E-state index in [4.69, 9.17) is 5.11 Å². The smallest absolute Gasteiger partial charge is 0.356 e. The predicted octanol–water partition coefficient (Wildman–Crippen LogP) is 1.71. The van der Waals surface area contributed by atoms with E-state index in [9.17, 15) is 4.79 Å². The van der Waals surface area contributed by atoms with Crippen LogP contribution in [0.3, 0.4) is 0 Å². The zero-order valence-corrected chi connectivity index (χ0v) is 12.1. The van der Waals surface area contributed by atoms with E-state index in [-0.39, 0.29) is 11.1 Å². The van der Waals surface area contributed by atoms with Crippen LogP contribution in [0.25, 0.3) is 0 Å². The van der Waals surface area contributed by atoms with Crippen LogP contribution in [0.4, 0.5) is 5.82 Å². The van der Waals surface area contributed by atoms with Gasteiger partial charge in [-0.15, -0.1) is 0 Å². The van der Waals surface area contributed by atoms with Gasteiger partial charge in [0.25, 0.3) is 0 Å². The molecule has 1 aromatic rings. The molecule has 110 valence electrons. The molecule has 2 N–H and O–H groups in total. The van der Waals surface area contributed by atoms with Gasteiger partial charge in [0.2, 0.25) is 0 Å². The van der Waals surface area contributed by atoms with Gasteiger partial charge in [0.1, 0.15) is 5.82 Å². The van der Waals surface area contributed by atoms with E-state index in [1.807, 2.05) is 0 Å². The molecule has 0 amide bonds. The Hall–Kier alpha value is -1.69. The molecule has 6 nitrogen and oxygen atoms in total. The SMILES string of the molecule is CN(C)CC1(CNc2cnc(C(=O)O)cn2)CCCC1. The van der Waals surface area contributed by atoms with Crippen LogP contribution in [-0.4, -0.2) is 53.1 Å². The molecular formula is C14H22N4O2. The van der Waals surface area contributed by atoms with Gasteiger partial charge < -0.3 is 15.3 Å². The molecule has 1 fully saturated rings. The lowest BCUT2D eigenvalue weighted by atomic mass is 9.85. The zero-order valence-electron chi connectivity index (χ0n) is 12.1. The minimum atomic E-state index is -1.05. The summed E-state index contributed by atoms with van der Waals surface area (Å²) in [5.74, 6) is -0.413. The lowest BCUT2D eigenvalue weighted by Crippen LogP contribution is -2.37. The van der Waals surface area contributed by atoms with Crippen molar-refractivity contribution in [1.82, 2.24) is 14.9 Å². The quantitative estimate of drug-likeness (QED) is 0.824. The fourth-order valence-corrected chi connectivity index (χ4v) is 2.99. The Balaban J connectivity index is 1.97. The largest absolute Gasteiger partial charge is 0.476 e. The molecule has 0 saturated heterocycles. The molecule has 1 aromatic heterocycles. The van der Waals surface area contributed by atoms with Crippen LogP contribution in [0.1, 0.15) is 36.2 Å². The van der Waals surface area contributed by atoms with E-state index in [2.05, 4.69) is 34.3 Å². The Kier molecular flexibility index (Phi) is 4.54. The summed E-state index contributed by atoms with van der Waals surface area (Å²) < 4.78 is 0. The van der Waals surface area contributed by atoms with Gasteiger partial charge in [0.05, 0.1) is 12.4 Å². The van der Waals surface area contributed by atoms with Gasteiger partial charge in [0.15, 0.2) is 5.69 Å². The Morgan fingerprint density at radius 3 is 2.55 bits per heavy atom. The van der Waals surface area contributed by atoms with Crippen molar-refractivity contribution >= 4 is 11.8 Å². The van der Waals surface area contributed by atoms with E-state index in [0.717, 1.165) is 13.1 Å². The topological polar surface area (TPSA) is 78.4 Å². The van der Waals surface area contributed by atoms with E-state index in [1.54, 1.807) is 0 Å². The van der Waals surface area contributed by atoms with Crippen molar-refractivity contribution in [3.63, 3.8) is 0 Å². The van der Waals surface area contributed by atoms with E-state index in [1.165, 1.54) is 38.1 Å². The molecule has 6 heteroatoms. The first-order valence-electron chi connectivity index (χ1n) is 6.95. The number of carbonyl (C=O) groups is 1. The summed E-state index contributed by atoms with van der Waals surface area (Å²) in [4.78, 5) is 20.9. The van der Waals surface area contributed by atoms with Crippen LogP contribution in [0, 0.1) is 5.41 Å². The van der Waals surface area contributed by atoms with Gasteiger partial charge >= 0.3 is 5.97 Å². The number of aromatic carboxylic acids is 1. The second-order valence-corrected chi connectivity index (χ2v) is 5.89. The first-order chi connectivity index (χ1) is 9.51. The lowest BCUT2D eigenvalue weighted by Gasteiger charge is -2.32. The Morgan fingerprint density at radius 1 is 1.35 bits per heavy atom. The van der Waals surface area contributed by atoms with Crippen molar-refractivity contribution in [2.75, 3.05) is 32.5 Å². The summed E-state index contributed by atoms with van der Waals surface area (Å²) >= 11 is 0. The first-order valence-corrected chi connectivity index (χ1v) is 6.95. The van der Waals surface area contributed by atoms with Crippen molar-refractivity contribution in [1.29, 1.82) is 0 Å². The number of hydrogen-bond acceptors (Lipinski definition) is 5. The third kappa shape index (κ3) is 3.66. The monoisotopic (exact) mass is 278 g/mol. The van der Waals surface area contributed by atoms with Crippen LogP contribution in [-0.2, 0) is 0 Å². The van der Waals surface area contributed by atoms with Gasteiger partial charge in [-0.25, -0.2) is 14.8 Å². The molecule has 0 spiro atoms. The lowest BCUT2D eigenvalue weighted by molar-refractivity contribution is 0.0690. The maximum absolute atomic E-state index is 10.7. The molecule has 0 atom stereocenters. The summed E-state index contributed by atoms with van der Waals surface area (Å²) in [7, 11) is 4.20. The fraction of sp³-hybridized carbons (Fsp3) is 0.643. The van der Waals surface area contributed by atoms with Crippen molar-refractivity contribution in [3.05, 3.63) is 18.1 Å². The predicted molar refractivity (Wildman–Crippen MR) is 76.9 cm³/mol. The third-order valence-corrected chi connectivity index (χ3v) is 3.83. The summed E-state index contributed by atoms with van der Waals surface area (Å²) in [5.41, 5.74) is 0.260. The van der Waals surface area contributed by atoms with E-state index in [0.29, 0.717) is 5.82 Å². The second kappa shape index (κ2) is 6.17. The van der Waals surface area contributed by atoms with E-state index >= 15 is 0 Å². The highest BCUT2D eigenvalue weighted by atomic mass is 16.4. The molecule has 20 heavy (non-hydrogen) atoms. The maximum Gasteiger partial charge on any atom is 0.356 e. The molecule has 1 heterocycles. The molecular weight excluding hydrogens is 256 g/mol. The number of hydrogen-bond donors (Lipinski definition) is 2. The van der Waals surface area contributed by atoms with Crippen molar-refractivity contribution in [2.24, 2.45) is 5.41 Å². The number of nitrogens with one attached hydrogen (secondary N) is 1. The zero-order chi connectivity index (χ0) is 14.6. The third-order valence-electron chi connectivity index (χ3n) is 3.83. The second-order valence-electron chi connectivity index (χ2n) is 5.89. The van der Waals surface area contributed by atoms with Crippen LogP contribution < -0.4 is 5.32 Å². The maximum atomic E-state index is 10.7. The Bertz CT molecular complexity index is 453. The minimum Gasteiger partial charge on any atom is -0.476 e. The van der Waals surface area contributed by atoms with Crippen molar-refractivity contribution in [2.45, 2.75) is 25.7 Å². The summed E-state index contributed by atoms with van der Waals surface area (Å²) in [5, 5.41) is 12.1. The standard InChI is InChI=1S/C14H22N4O2/c1-18(2)10-14(5-3-4-6-14)9-17-12-8-15-11(7-16-12)13(19)20/h7-8H,3-6,9-10H2,1-2H3,(H,16,17)(H,19,20). The molecule has 2 rings (SSSR count). The number of carboxylic acids is 1. The molecule has 1 aliphatic carbocycles. The summed E-state index contributed by atoms with van der Waals surface area (Å²) in [6.07, 6.45) is 7.77. The minimum absolute atomic E-state index is 0.0283. The Morgan fingerprint density at radius 2 is 2.05 bits per heavy atom. The molecule has 0 radical (unpaired) electrons. The molecule has 0 aromatic carbocycles. The fourth-order valence-electron chi connectivity index (χ4n) is 2.99. The van der Waals surface area contributed by atoms with Crippen LogP contribution >= 0.6 is 0 Å². The molecule has 0 bridgehead atoms. The number of rotatable bonds is 6. The first kappa shape index (κ1) is 14.7. The van der Waals surface area contributed by atoms with Gasteiger partial charge in [-0.2, -0.15) is 0 Å². The number of anilines is 1. The molecule has 0 unspecified atom stereocenters. The summed E-state index contributed by atoms with van der Waals surface area (Å²) in [6.45, 7) is 1.91. The van der Waals surface area contributed by atoms with Crippen LogP contribution in [0.5, 0.6) is 0 Å².